The van der Waals surface area contributed by atoms with Gasteiger partial charge in [-0.3, -0.25) is 0 Å². The topological polar surface area (TPSA) is 49.8 Å². The van der Waals surface area contributed by atoms with Crippen molar-refractivity contribution in [3.63, 3.8) is 0 Å². The molecule has 0 amide bonds. The Morgan fingerprint density at radius 3 is 1.35 bits per heavy atom. The monoisotopic (exact) mass is 262 g/mol. The standard InChI is InChI=1S/C16H14N4/c1-3-7-13(8-4-1)19-15-16(18-12-11-17-15)20-14-9-5-2-6-10-14/h1-12H,(H,17,19)(H,18,20). The van der Waals surface area contributed by atoms with Crippen LogP contribution in [0.4, 0.5) is 23.0 Å². The van der Waals surface area contributed by atoms with Gasteiger partial charge in [0.15, 0.2) is 11.6 Å². The van der Waals surface area contributed by atoms with Gasteiger partial charge in [-0.15, -0.1) is 0 Å². The second-order valence-electron chi connectivity index (χ2n) is 4.24. The second-order valence-corrected chi connectivity index (χ2v) is 4.24. The highest BCUT2D eigenvalue weighted by molar-refractivity contribution is 5.71. The Kier molecular flexibility index (Phi) is 3.55. The van der Waals surface area contributed by atoms with E-state index in [1.807, 2.05) is 60.7 Å². The Bertz CT molecular complexity index is 608. The third-order valence-corrected chi connectivity index (χ3v) is 2.77. The number of rotatable bonds is 4. The summed E-state index contributed by atoms with van der Waals surface area (Å²) in [6.07, 6.45) is 3.34. The molecule has 3 rings (SSSR count). The maximum absolute atomic E-state index is 4.33. The minimum Gasteiger partial charge on any atom is -0.337 e. The molecule has 1 aromatic heterocycles. The van der Waals surface area contributed by atoms with Gasteiger partial charge in [-0.05, 0) is 24.3 Å². The summed E-state index contributed by atoms with van der Waals surface area (Å²) in [4.78, 5) is 8.67. The summed E-state index contributed by atoms with van der Waals surface area (Å²) in [5.74, 6) is 1.39. The molecule has 98 valence electrons. The van der Waals surface area contributed by atoms with Crippen LogP contribution in [0.2, 0.25) is 0 Å². The summed E-state index contributed by atoms with van der Waals surface area (Å²) in [7, 11) is 0. The molecular formula is C16H14N4. The van der Waals surface area contributed by atoms with Crippen molar-refractivity contribution < 1.29 is 0 Å². The molecule has 2 aromatic carbocycles. The van der Waals surface area contributed by atoms with E-state index in [2.05, 4.69) is 20.6 Å². The minimum atomic E-state index is 0.697. The fraction of sp³-hybridized carbons (Fsp3) is 0. The van der Waals surface area contributed by atoms with Gasteiger partial charge in [0, 0.05) is 23.8 Å². The van der Waals surface area contributed by atoms with Gasteiger partial charge in [-0.2, -0.15) is 0 Å². The highest BCUT2D eigenvalue weighted by Gasteiger charge is 2.05. The maximum atomic E-state index is 4.33. The number of benzene rings is 2. The van der Waals surface area contributed by atoms with Crippen molar-refractivity contribution in [2.45, 2.75) is 0 Å². The van der Waals surface area contributed by atoms with Crippen molar-refractivity contribution in [3.8, 4) is 0 Å². The molecule has 0 bridgehead atoms. The molecule has 4 heteroatoms. The number of para-hydroxylation sites is 2. The predicted molar refractivity (Wildman–Crippen MR) is 81.5 cm³/mol. The fourth-order valence-electron chi connectivity index (χ4n) is 1.84. The predicted octanol–water partition coefficient (Wildman–Crippen LogP) is 3.96. The lowest BCUT2D eigenvalue weighted by Gasteiger charge is -2.11. The van der Waals surface area contributed by atoms with E-state index in [1.54, 1.807) is 12.4 Å². The van der Waals surface area contributed by atoms with E-state index >= 15 is 0 Å². The van der Waals surface area contributed by atoms with Crippen LogP contribution in [0.15, 0.2) is 73.1 Å². The summed E-state index contributed by atoms with van der Waals surface area (Å²) < 4.78 is 0. The van der Waals surface area contributed by atoms with Gasteiger partial charge in [-0.1, -0.05) is 36.4 Å². The molecule has 0 saturated heterocycles. The van der Waals surface area contributed by atoms with E-state index in [1.165, 1.54) is 0 Å². The number of hydrogen-bond acceptors (Lipinski definition) is 4. The molecule has 3 aromatic rings. The van der Waals surface area contributed by atoms with Crippen molar-refractivity contribution in [1.82, 2.24) is 9.97 Å². The van der Waals surface area contributed by atoms with Crippen LogP contribution in [0.25, 0.3) is 0 Å². The summed E-state index contributed by atoms with van der Waals surface area (Å²) in [6.45, 7) is 0. The van der Waals surface area contributed by atoms with Crippen molar-refractivity contribution in [3.05, 3.63) is 73.1 Å². The maximum Gasteiger partial charge on any atom is 0.173 e. The Hall–Kier alpha value is -2.88. The van der Waals surface area contributed by atoms with Gasteiger partial charge >= 0.3 is 0 Å². The molecule has 0 spiro atoms. The molecule has 2 N–H and O–H groups in total. The molecule has 0 aliphatic carbocycles. The normalized spacial score (nSPS) is 10.0. The molecule has 0 aliphatic heterocycles. The number of nitrogens with zero attached hydrogens (tertiary/aromatic N) is 2. The SMILES string of the molecule is c1ccc(Nc2nccnc2Nc2ccccc2)cc1. The van der Waals surface area contributed by atoms with Crippen molar-refractivity contribution in [2.75, 3.05) is 10.6 Å². The molecule has 0 fully saturated rings. The van der Waals surface area contributed by atoms with Crippen LogP contribution in [-0.4, -0.2) is 9.97 Å². The van der Waals surface area contributed by atoms with Crippen molar-refractivity contribution in [2.24, 2.45) is 0 Å². The largest absolute Gasteiger partial charge is 0.337 e. The molecule has 0 atom stereocenters. The third kappa shape index (κ3) is 2.92. The first-order valence-corrected chi connectivity index (χ1v) is 6.37. The molecule has 0 radical (unpaired) electrons. The van der Waals surface area contributed by atoms with Gasteiger partial charge in [0.2, 0.25) is 0 Å². The number of nitrogens with one attached hydrogen (secondary N) is 2. The Morgan fingerprint density at radius 1 is 0.550 bits per heavy atom. The molecule has 4 nitrogen and oxygen atoms in total. The van der Waals surface area contributed by atoms with E-state index in [4.69, 9.17) is 0 Å². The van der Waals surface area contributed by atoms with E-state index in [-0.39, 0.29) is 0 Å². The van der Waals surface area contributed by atoms with E-state index in [0.29, 0.717) is 11.6 Å². The van der Waals surface area contributed by atoms with E-state index in [9.17, 15) is 0 Å². The first kappa shape index (κ1) is 12.2. The van der Waals surface area contributed by atoms with E-state index < -0.39 is 0 Å². The lowest BCUT2D eigenvalue weighted by molar-refractivity contribution is 1.19. The molecular weight excluding hydrogens is 248 g/mol. The number of hydrogen-bond donors (Lipinski definition) is 2. The van der Waals surface area contributed by atoms with Gasteiger partial charge in [0.05, 0.1) is 0 Å². The molecule has 1 heterocycles. The zero-order valence-corrected chi connectivity index (χ0v) is 10.8. The van der Waals surface area contributed by atoms with Crippen LogP contribution in [-0.2, 0) is 0 Å². The van der Waals surface area contributed by atoms with Crippen LogP contribution in [0, 0.1) is 0 Å². The number of aromatic nitrogens is 2. The Balaban J connectivity index is 1.85. The smallest absolute Gasteiger partial charge is 0.173 e. The first-order chi connectivity index (χ1) is 9.92. The second kappa shape index (κ2) is 5.84. The summed E-state index contributed by atoms with van der Waals surface area (Å²) >= 11 is 0. The average Bonchev–Trinajstić information content (AvgIpc) is 2.51. The summed E-state index contributed by atoms with van der Waals surface area (Å²) in [5, 5.41) is 6.51. The summed E-state index contributed by atoms with van der Waals surface area (Å²) in [5.41, 5.74) is 1.95. The highest BCUT2D eigenvalue weighted by Crippen LogP contribution is 2.23. The fourth-order valence-corrected chi connectivity index (χ4v) is 1.84. The molecule has 0 unspecified atom stereocenters. The summed E-state index contributed by atoms with van der Waals surface area (Å²) in [6, 6.07) is 19.8. The zero-order chi connectivity index (χ0) is 13.6. The Labute approximate surface area is 117 Å². The molecule has 20 heavy (non-hydrogen) atoms. The third-order valence-electron chi connectivity index (χ3n) is 2.77. The number of anilines is 4. The van der Waals surface area contributed by atoms with Crippen LogP contribution in [0.1, 0.15) is 0 Å². The minimum absolute atomic E-state index is 0.697. The van der Waals surface area contributed by atoms with Crippen LogP contribution < -0.4 is 10.6 Å². The Morgan fingerprint density at radius 2 is 0.950 bits per heavy atom. The van der Waals surface area contributed by atoms with Gasteiger partial charge in [-0.25, -0.2) is 9.97 Å². The van der Waals surface area contributed by atoms with Gasteiger partial charge in [0.1, 0.15) is 0 Å². The van der Waals surface area contributed by atoms with Gasteiger partial charge in [0.25, 0.3) is 0 Å². The van der Waals surface area contributed by atoms with Crippen molar-refractivity contribution in [1.29, 1.82) is 0 Å². The first-order valence-electron chi connectivity index (χ1n) is 6.37. The van der Waals surface area contributed by atoms with E-state index in [0.717, 1.165) is 11.4 Å². The quantitative estimate of drug-likeness (QED) is 0.747. The zero-order valence-electron chi connectivity index (χ0n) is 10.8. The average molecular weight is 262 g/mol. The van der Waals surface area contributed by atoms with Crippen LogP contribution >= 0.6 is 0 Å². The lowest BCUT2D eigenvalue weighted by atomic mass is 10.3. The van der Waals surface area contributed by atoms with Crippen molar-refractivity contribution >= 4 is 23.0 Å². The van der Waals surface area contributed by atoms with Gasteiger partial charge < -0.3 is 10.6 Å². The van der Waals surface area contributed by atoms with Crippen LogP contribution in [0.3, 0.4) is 0 Å². The molecule has 0 saturated carbocycles. The highest BCUT2D eigenvalue weighted by atomic mass is 15.1. The van der Waals surface area contributed by atoms with Crippen LogP contribution in [0.5, 0.6) is 0 Å². The lowest BCUT2D eigenvalue weighted by Crippen LogP contribution is -2.01. The molecule has 0 aliphatic rings.